The molecule has 0 unspecified atom stereocenters. The minimum absolute atomic E-state index is 0.573. The predicted molar refractivity (Wildman–Crippen MR) is 126 cm³/mol. The van der Waals surface area contributed by atoms with E-state index in [4.69, 9.17) is 21.1 Å². The van der Waals surface area contributed by atoms with Crippen molar-refractivity contribution in [3.05, 3.63) is 71.4 Å². The Kier molecular flexibility index (Phi) is 5.79. The highest BCUT2D eigenvalue weighted by molar-refractivity contribution is 7.18. The van der Waals surface area contributed by atoms with Gasteiger partial charge in [-0.1, -0.05) is 23.7 Å². The summed E-state index contributed by atoms with van der Waals surface area (Å²) in [6.45, 7) is 3.44. The van der Waals surface area contributed by atoms with Crippen LogP contribution in [-0.2, 0) is 5.60 Å². The quantitative estimate of drug-likeness (QED) is 0.378. The monoisotopic (exact) mass is 454 g/mol. The van der Waals surface area contributed by atoms with Gasteiger partial charge in [-0.15, -0.1) is 11.3 Å². The summed E-state index contributed by atoms with van der Waals surface area (Å²) in [6.07, 6.45) is 0. The molecule has 0 bridgehead atoms. The third kappa shape index (κ3) is 4.19. The van der Waals surface area contributed by atoms with Crippen molar-refractivity contribution in [1.29, 1.82) is 0 Å². The molecule has 4 aromatic rings. The zero-order valence-corrected chi connectivity index (χ0v) is 19.3. The minimum atomic E-state index is -1.08. The van der Waals surface area contributed by atoms with Gasteiger partial charge in [0.2, 0.25) is 0 Å². The highest BCUT2D eigenvalue weighted by atomic mass is 35.5. The fourth-order valence-corrected chi connectivity index (χ4v) is 4.50. The molecule has 0 amide bonds. The van der Waals surface area contributed by atoms with Crippen LogP contribution in [0.15, 0.2) is 60.7 Å². The molecule has 5 nitrogen and oxygen atoms in total. The summed E-state index contributed by atoms with van der Waals surface area (Å²) in [5.41, 5.74) is 2.15. The van der Waals surface area contributed by atoms with E-state index in [1.54, 1.807) is 44.1 Å². The van der Waals surface area contributed by atoms with Crippen LogP contribution in [-0.4, -0.2) is 29.1 Å². The first-order chi connectivity index (χ1) is 14.8. The van der Waals surface area contributed by atoms with Crippen molar-refractivity contribution < 1.29 is 14.6 Å². The molecular formula is C24H23ClN2O3S. The Morgan fingerprint density at radius 1 is 0.935 bits per heavy atom. The number of hydrogen-bond donors (Lipinski definition) is 1. The molecular weight excluding hydrogens is 432 g/mol. The molecule has 0 saturated carbocycles. The standard InChI is InChI=1S/C24H23ClN2O3S/c1-24(2,28)23-14-18(27(26-23)17-8-6-5-7-16(17)25)22-12-11-21(31-22)15-9-10-19(29-3)20(13-15)30-4/h5-14,28H,1-4H3. The molecule has 2 aromatic carbocycles. The predicted octanol–water partition coefficient (Wildman–Crippen LogP) is 6.17. The van der Waals surface area contributed by atoms with Gasteiger partial charge in [0.15, 0.2) is 11.5 Å². The molecule has 0 saturated heterocycles. The van der Waals surface area contributed by atoms with E-state index < -0.39 is 5.60 Å². The molecule has 31 heavy (non-hydrogen) atoms. The van der Waals surface area contributed by atoms with Gasteiger partial charge in [0.25, 0.3) is 0 Å². The van der Waals surface area contributed by atoms with E-state index in [2.05, 4.69) is 17.2 Å². The van der Waals surface area contributed by atoms with Crippen LogP contribution in [0.3, 0.4) is 0 Å². The van der Waals surface area contributed by atoms with Crippen LogP contribution >= 0.6 is 22.9 Å². The number of halogens is 1. The van der Waals surface area contributed by atoms with Crippen LogP contribution in [0.5, 0.6) is 11.5 Å². The van der Waals surface area contributed by atoms with Gasteiger partial charge in [-0.25, -0.2) is 4.68 Å². The maximum Gasteiger partial charge on any atom is 0.161 e. The average molecular weight is 455 g/mol. The summed E-state index contributed by atoms with van der Waals surface area (Å²) < 4.78 is 12.6. The van der Waals surface area contributed by atoms with Crippen molar-refractivity contribution >= 4 is 22.9 Å². The second-order valence-electron chi connectivity index (χ2n) is 7.57. The Labute approximate surface area is 190 Å². The van der Waals surface area contributed by atoms with Gasteiger partial charge < -0.3 is 14.6 Å². The molecule has 0 aliphatic heterocycles. The summed E-state index contributed by atoms with van der Waals surface area (Å²) in [5.74, 6) is 1.37. The molecule has 0 fully saturated rings. The fourth-order valence-electron chi connectivity index (χ4n) is 3.28. The van der Waals surface area contributed by atoms with Crippen LogP contribution in [0.1, 0.15) is 19.5 Å². The van der Waals surface area contributed by atoms with Crippen molar-refractivity contribution in [2.75, 3.05) is 14.2 Å². The van der Waals surface area contributed by atoms with E-state index in [9.17, 15) is 5.11 Å². The van der Waals surface area contributed by atoms with E-state index in [1.807, 2.05) is 48.5 Å². The van der Waals surface area contributed by atoms with Crippen molar-refractivity contribution in [2.24, 2.45) is 0 Å². The molecule has 0 aliphatic rings. The maximum absolute atomic E-state index is 10.5. The van der Waals surface area contributed by atoms with E-state index in [-0.39, 0.29) is 0 Å². The SMILES string of the molecule is COc1ccc(-c2ccc(-c3cc(C(C)(C)O)nn3-c3ccccc3Cl)s2)cc1OC. The molecule has 0 spiro atoms. The van der Waals surface area contributed by atoms with Gasteiger partial charge in [0, 0.05) is 4.88 Å². The smallest absolute Gasteiger partial charge is 0.161 e. The molecule has 2 aromatic heterocycles. The van der Waals surface area contributed by atoms with Gasteiger partial charge in [0.1, 0.15) is 5.60 Å². The number of thiophene rings is 1. The number of aromatic nitrogens is 2. The normalized spacial score (nSPS) is 11.5. The van der Waals surface area contributed by atoms with Gasteiger partial charge in [0.05, 0.1) is 41.2 Å². The highest BCUT2D eigenvalue weighted by Gasteiger charge is 2.24. The number of benzene rings is 2. The number of ether oxygens (including phenoxy) is 2. The summed E-state index contributed by atoms with van der Waals surface area (Å²) in [7, 11) is 3.25. The van der Waals surface area contributed by atoms with E-state index in [0.29, 0.717) is 22.2 Å². The zero-order valence-electron chi connectivity index (χ0n) is 17.7. The number of rotatable bonds is 6. The lowest BCUT2D eigenvalue weighted by Crippen LogP contribution is -2.16. The number of para-hydroxylation sites is 1. The molecule has 1 N–H and O–H groups in total. The molecule has 160 valence electrons. The van der Waals surface area contributed by atoms with E-state index >= 15 is 0 Å². The molecule has 0 atom stereocenters. The van der Waals surface area contributed by atoms with Crippen LogP contribution in [0.25, 0.3) is 26.7 Å². The van der Waals surface area contributed by atoms with Gasteiger partial charge >= 0.3 is 0 Å². The third-order valence-electron chi connectivity index (χ3n) is 4.94. The molecule has 7 heteroatoms. The van der Waals surface area contributed by atoms with Gasteiger partial charge in [-0.3, -0.25) is 0 Å². The summed E-state index contributed by atoms with van der Waals surface area (Å²) in [4.78, 5) is 2.08. The molecule has 0 aliphatic carbocycles. The van der Waals surface area contributed by atoms with Crippen molar-refractivity contribution in [2.45, 2.75) is 19.4 Å². The third-order valence-corrected chi connectivity index (χ3v) is 6.42. The molecule has 0 radical (unpaired) electrons. The highest BCUT2D eigenvalue weighted by Crippen LogP contribution is 2.40. The topological polar surface area (TPSA) is 56.5 Å². The van der Waals surface area contributed by atoms with Gasteiger partial charge in [-0.05, 0) is 67.9 Å². The summed E-state index contributed by atoms with van der Waals surface area (Å²) in [6, 6.07) is 19.4. The average Bonchev–Trinajstić information content (AvgIpc) is 3.40. The second kappa shape index (κ2) is 8.38. The Balaban J connectivity index is 1.82. The number of methoxy groups -OCH3 is 2. The number of nitrogens with zero attached hydrogens (tertiary/aromatic N) is 2. The van der Waals surface area contributed by atoms with Crippen LogP contribution in [0.4, 0.5) is 0 Å². The van der Waals surface area contributed by atoms with Crippen LogP contribution < -0.4 is 9.47 Å². The molecule has 2 heterocycles. The lowest BCUT2D eigenvalue weighted by atomic mass is 10.1. The Morgan fingerprint density at radius 2 is 1.65 bits per heavy atom. The Bertz CT molecular complexity index is 1220. The van der Waals surface area contributed by atoms with E-state index in [0.717, 1.165) is 26.7 Å². The Morgan fingerprint density at radius 3 is 2.32 bits per heavy atom. The second-order valence-corrected chi connectivity index (χ2v) is 9.06. The van der Waals surface area contributed by atoms with Crippen LogP contribution in [0.2, 0.25) is 5.02 Å². The first kappa shape index (κ1) is 21.4. The zero-order chi connectivity index (χ0) is 22.2. The van der Waals surface area contributed by atoms with Crippen molar-refractivity contribution in [3.63, 3.8) is 0 Å². The Hall–Kier alpha value is -2.80. The first-order valence-electron chi connectivity index (χ1n) is 9.72. The summed E-state index contributed by atoms with van der Waals surface area (Å²) >= 11 is 8.09. The largest absolute Gasteiger partial charge is 0.493 e. The van der Waals surface area contributed by atoms with Crippen molar-refractivity contribution in [1.82, 2.24) is 9.78 Å². The minimum Gasteiger partial charge on any atom is -0.493 e. The summed E-state index contributed by atoms with van der Waals surface area (Å²) in [5, 5.41) is 15.8. The van der Waals surface area contributed by atoms with Crippen LogP contribution in [0, 0.1) is 0 Å². The number of hydrogen-bond acceptors (Lipinski definition) is 5. The van der Waals surface area contributed by atoms with E-state index in [1.165, 1.54) is 0 Å². The lowest BCUT2D eigenvalue weighted by molar-refractivity contribution is 0.0734. The van der Waals surface area contributed by atoms with Crippen molar-refractivity contribution in [3.8, 4) is 38.2 Å². The first-order valence-corrected chi connectivity index (χ1v) is 10.9. The fraction of sp³-hybridized carbons (Fsp3) is 0.208. The maximum atomic E-state index is 10.5. The lowest BCUT2D eigenvalue weighted by Gasteiger charge is -2.13. The number of aliphatic hydroxyl groups is 1. The molecule has 4 rings (SSSR count). The van der Waals surface area contributed by atoms with Gasteiger partial charge in [-0.2, -0.15) is 5.10 Å².